The van der Waals surface area contributed by atoms with Crippen LogP contribution in [0.5, 0.6) is 0 Å². The molecule has 84 valence electrons. The number of thiocarbonyl (C=S) groups is 1. The molecule has 0 aromatic rings. The van der Waals surface area contributed by atoms with Crippen molar-refractivity contribution in [2.75, 3.05) is 12.4 Å². The van der Waals surface area contributed by atoms with Crippen LogP contribution in [0.4, 0.5) is 0 Å². The molecule has 0 atom stereocenters. The third kappa shape index (κ3) is 17.7. The van der Waals surface area contributed by atoms with Gasteiger partial charge < -0.3 is 9.84 Å². The van der Waals surface area contributed by atoms with E-state index in [-0.39, 0.29) is 6.47 Å². The highest BCUT2D eigenvalue weighted by atomic mass is 32.2. The molecule has 0 aromatic carbocycles. The predicted molar refractivity (Wildman–Crippen MR) is 64.9 cm³/mol. The quantitative estimate of drug-likeness (QED) is 0.453. The normalized spacial score (nSPS) is 8.43. The lowest BCUT2D eigenvalue weighted by atomic mass is 10.3. The van der Waals surface area contributed by atoms with Gasteiger partial charge >= 0.3 is 0 Å². The van der Waals surface area contributed by atoms with E-state index >= 15 is 0 Å². The summed E-state index contributed by atoms with van der Waals surface area (Å²) in [6, 6.07) is 0. The van der Waals surface area contributed by atoms with Crippen LogP contribution in [0.15, 0.2) is 0 Å². The minimum atomic E-state index is -0.250. The average Bonchev–Trinajstić information content (AvgIpc) is 2.14. The van der Waals surface area contributed by atoms with Gasteiger partial charge in [-0.15, -0.1) is 0 Å². The Morgan fingerprint density at radius 2 is 2.07 bits per heavy atom. The van der Waals surface area contributed by atoms with E-state index in [1.807, 2.05) is 6.92 Å². The summed E-state index contributed by atoms with van der Waals surface area (Å²) >= 11 is 6.59. The highest BCUT2D eigenvalue weighted by molar-refractivity contribution is 8.22. The predicted octanol–water partition coefficient (Wildman–Crippen LogP) is 2.93. The molecule has 0 aromatic heterocycles. The van der Waals surface area contributed by atoms with Gasteiger partial charge in [-0.3, -0.25) is 4.79 Å². The minimum absolute atomic E-state index is 0.250. The second-order valence-electron chi connectivity index (χ2n) is 2.34. The molecular formula is C9H18O3S2. The van der Waals surface area contributed by atoms with Gasteiger partial charge in [0.15, 0.2) is 0 Å². The zero-order valence-corrected chi connectivity index (χ0v) is 10.3. The topological polar surface area (TPSA) is 46.5 Å². The molecule has 0 aliphatic heterocycles. The van der Waals surface area contributed by atoms with Gasteiger partial charge in [0.1, 0.15) is 0 Å². The van der Waals surface area contributed by atoms with E-state index in [4.69, 9.17) is 26.9 Å². The highest BCUT2D eigenvalue weighted by Gasteiger charge is 1.95. The first kappa shape index (κ1) is 16.2. The second-order valence-corrected chi connectivity index (χ2v) is 4.04. The zero-order chi connectivity index (χ0) is 11.2. The van der Waals surface area contributed by atoms with E-state index in [1.54, 1.807) is 11.8 Å². The first-order chi connectivity index (χ1) is 6.72. The number of hydrogen-bond donors (Lipinski definition) is 1. The molecule has 0 rings (SSSR count). The highest BCUT2D eigenvalue weighted by Crippen LogP contribution is 2.09. The van der Waals surface area contributed by atoms with E-state index in [1.165, 1.54) is 19.3 Å². The number of unbranched alkanes of at least 4 members (excludes halogenated alkanes) is 2. The summed E-state index contributed by atoms with van der Waals surface area (Å²) in [6.45, 7) is 4.60. The zero-order valence-electron chi connectivity index (χ0n) is 8.69. The third-order valence-electron chi connectivity index (χ3n) is 1.23. The summed E-state index contributed by atoms with van der Waals surface area (Å²) < 4.78 is 5.81. The lowest BCUT2D eigenvalue weighted by Crippen LogP contribution is -1.96. The van der Waals surface area contributed by atoms with Crippen LogP contribution in [0.2, 0.25) is 0 Å². The van der Waals surface area contributed by atoms with Crippen molar-refractivity contribution < 1.29 is 14.6 Å². The van der Waals surface area contributed by atoms with Gasteiger partial charge in [0.2, 0.25) is 4.38 Å². The van der Waals surface area contributed by atoms with E-state index < -0.39 is 0 Å². The smallest absolute Gasteiger partial charge is 0.290 e. The lowest BCUT2D eigenvalue weighted by molar-refractivity contribution is -0.122. The summed E-state index contributed by atoms with van der Waals surface area (Å²) in [5.74, 6) is 1.10. The third-order valence-corrected chi connectivity index (χ3v) is 2.55. The minimum Gasteiger partial charge on any atom is -0.483 e. The fourth-order valence-electron chi connectivity index (χ4n) is 0.667. The van der Waals surface area contributed by atoms with Crippen molar-refractivity contribution in [1.82, 2.24) is 0 Å². The van der Waals surface area contributed by atoms with Crippen molar-refractivity contribution in [2.45, 2.75) is 33.1 Å². The summed E-state index contributed by atoms with van der Waals surface area (Å²) in [7, 11) is 0. The van der Waals surface area contributed by atoms with Gasteiger partial charge in [0.05, 0.1) is 6.61 Å². The molecule has 0 heterocycles. The number of ether oxygens (including phenoxy) is 1. The molecular weight excluding hydrogens is 220 g/mol. The lowest BCUT2D eigenvalue weighted by Gasteiger charge is -2.02. The molecule has 5 heteroatoms. The molecule has 0 aliphatic rings. The van der Waals surface area contributed by atoms with Gasteiger partial charge in [0.25, 0.3) is 6.47 Å². The van der Waals surface area contributed by atoms with Crippen LogP contribution in [0.3, 0.4) is 0 Å². The van der Waals surface area contributed by atoms with E-state index in [0.29, 0.717) is 11.0 Å². The molecule has 0 spiro atoms. The van der Waals surface area contributed by atoms with Gasteiger partial charge in [-0.2, -0.15) is 0 Å². The summed E-state index contributed by atoms with van der Waals surface area (Å²) in [6.07, 6.45) is 3.80. The van der Waals surface area contributed by atoms with Crippen LogP contribution in [-0.4, -0.2) is 28.3 Å². The Hall–Kier alpha value is -0.290. The van der Waals surface area contributed by atoms with Crippen LogP contribution >= 0.6 is 24.0 Å². The largest absolute Gasteiger partial charge is 0.483 e. The molecule has 0 saturated heterocycles. The van der Waals surface area contributed by atoms with Crippen LogP contribution in [0.1, 0.15) is 33.1 Å². The van der Waals surface area contributed by atoms with Gasteiger partial charge in [-0.05, 0) is 25.6 Å². The number of hydrogen-bond acceptors (Lipinski definition) is 4. The molecule has 0 bridgehead atoms. The maximum Gasteiger partial charge on any atom is 0.290 e. The monoisotopic (exact) mass is 238 g/mol. The Morgan fingerprint density at radius 3 is 2.50 bits per heavy atom. The molecule has 14 heavy (non-hydrogen) atoms. The van der Waals surface area contributed by atoms with E-state index in [9.17, 15) is 0 Å². The van der Waals surface area contributed by atoms with Crippen molar-refractivity contribution in [3.8, 4) is 0 Å². The van der Waals surface area contributed by atoms with Crippen molar-refractivity contribution in [3.63, 3.8) is 0 Å². The van der Waals surface area contributed by atoms with Crippen LogP contribution in [0.25, 0.3) is 0 Å². The molecule has 3 nitrogen and oxygen atoms in total. The molecule has 0 aliphatic carbocycles. The van der Waals surface area contributed by atoms with Crippen LogP contribution < -0.4 is 0 Å². The number of thioether (sulfide) groups is 1. The first-order valence-corrected chi connectivity index (χ1v) is 5.99. The molecule has 0 amide bonds. The molecule has 0 saturated carbocycles. The maximum absolute atomic E-state index is 8.36. The summed E-state index contributed by atoms with van der Waals surface area (Å²) in [4.78, 5) is 8.36. The molecule has 0 fully saturated rings. The Morgan fingerprint density at radius 1 is 1.50 bits per heavy atom. The second kappa shape index (κ2) is 15.2. The Kier molecular flexibility index (Phi) is 17.5. The number of carboxylic acid groups (broad SMARTS) is 1. The molecule has 0 radical (unpaired) electrons. The van der Waals surface area contributed by atoms with Crippen molar-refractivity contribution in [3.05, 3.63) is 0 Å². The van der Waals surface area contributed by atoms with E-state index in [0.717, 1.165) is 5.75 Å². The standard InChI is InChI=1S/C8H16OS2.CH2O2/c1-3-5-6-7-11-8(10)9-4-2;2-1-3/h3-7H2,1-2H3;1H,(H,2,3). The van der Waals surface area contributed by atoms with Crippen molar-refractivity contribution in [1.29, 1.82) is 0 Å². The van der Waals surface area contributed by atoms with Gasteiger partial charge in [0, 0.05) is 5.75 Å². The Balaban J connectivity index is 0. The SMILES string of the molecule is CCCCCSC(=S)OCC.O=CO. The van der Waals surface area contributed by atoms with Crippen molar-refractivity contribution in [2.24, 2.45) is 0 Å². The Labute approximate surface area is 95.2 Å². The van der Waals surface area contributed by atoms with Gasteiger partial charge in [-0.25, -0.2) is 0 Å². The summed E-state index contributed by atoms with van der Waals surface area (Å²) in [5, 5.41) is 6.89. The molecule has 0 unspecified atom stereocenters. The molecule has 1 N–H and O–H groups in total. The van der Waals surface area contributed by atoms with Crippen LogP contribution in [-0.2, 0) is 9.53 Å². The van der Waals surface area contributed by atoms with E-state index in [2.05, 4.69) is 6.92 Å². The number of rotatable bonds is 5. The average molecular weight is 238 g/mol. The maximum atomic E-state index is 8.36. The fourth-order valence-corrected chi connectivity index (χ4v) is 1.75. The van der Waals surface area contributed by atoms with Crippen molar-refractivity contribution >= 4 is 34.8 Å². The van der Waals surface area contributed by atoms with Crippen LogP contribution in [0, 0.1) is 0 Å². The Bertz CT molecular complexity index is 140. The summed E-state index contributed by atoms with van der Waals surface area (Å²) in [5.41, 5.74) is 0. The first-order valence-electron chi connectivity index (χ1n) is 4.60. The fraction of sp³-hybridized carbons (Fsp3) is 0.778. The number of carbonyl (C=O) groups is 1. The van der Waals surface area contributed by atoms with Gasteiger partial charge in [-0.1, -0.05) is 31.5 Å².